The van der Waals surface area contributed by atoms with E-state index in [9.17, 15) is 14.4 Å². The van der Waals surface area contributed by atoms with E-state index in [1.54, 1.807) is 0 Å². The van der Waals surface area contributed by atoms with E-state index in [1.165, 1.54) is 205 Å². The van der Waals surface area contributed by atoms with Crippen molar-refractivity contribution in [3.8, 4) is 0 Å². The molecule has 6 heteroatoms. The van der Waals surface area contributed by atoms with E-state index in [0.29, 0.717) is 19.3 Å². The highest BCUT2D eigenvalue weighted by molar-refractivity contribution is 5.71. The molecule has 0 amide bonds. The third kappa shape index (κ3) is 65.5. The molecule has 0 spiro atoms. The summed E-state index contributed by atoms with van der Waals surface area (Å²) in [6, 6.07) is 0. The number of allylic oxidation sites excluding steroid dienone is 12. The summed E-state index contributed by atoms with van der Waals surface area (Å²) in [5.74, 6) is -0.890. The number of ether oxygens (including phenoxy) is 3. The average molecular weight is 1100 g/mol. The summed E-state index contributed by atoms with van der Waals surface area (Å²) in [5, 5.41) is 0. The summed E-state index contributed by atoms with van der Waals surface area (Å²) < 4.78 is 16.9. The molecule has 0 aliphatic heterocycles. The molecule has 1 atom stereocenters. The highest BCUT2D eigenvalue weighted by Crippen LogP contribution is 2.18. The SMILES string of the molecule is CC/C=C\C/C=C\C/C=C\C/C=C\C/C=C\C/C=C\CCCCCCC(=O)OC(COC(=O)CCCCCCCCCCCC)COC(=O)CCCCCCCCCCCCCCCCCCCCCCCCCCCCCC. The Kier molecular flexibility index (Phi) is 64.7. The largest absolute Gasteiger partial charge is 0.462 e. The van der Waals surface area contributed by atoms with E-state index in [0.717, 1.165) is 109 Å². The molecule has 0 aromatic rings. The lowest BCUT2D eigenvalue weighted by Gasteiger charge is -2.18. The Hall–Kier alpha value is -3.15. The summed E-state index contributed by atoms with van der Waals surface area (Å²) in [6.45, 7) is 6.54. The van der Waals surface area contributed by atoms with Crippen molar-refractivity contribution in [1.29, 1.82) is 0 Å². The minimum absolute atomic E-state index is 0.0817. The van der Waals surface area contributed by atoms with Crippen LogP contribution in [0.4, 0.5) is 0 Å². The van der Waals surface area contributed by atoms with Crippen molar-refractivity contribution >= 4 is 17.9 Å². The molecule has 0 fully saturated rings. The summed E-state index contributed by atoms with van der Waals surface area (Å²) in [7, 11) is 0. The standard InChI is InChI=1S/C73H130O6/c1-4-7-10-13-16-19-22-24-26-28-30-32-34-35-36-37-38-40-41-43-45-47-49-51-54-57-60-63-66-72(75)78-69-70(68-77-71(74)65-62-59-56-53-21-18-15-12-9-6-3)79-73(76)67-64-61-58-55-52-50-48-46-44-42-39-33-31-29-27-25-23-20-17-14-11-8-5-2/h8,11,17,20,25,27,31,33,42,44,48,50,70H,4-7,9-10,12-16,18-19,21-24,26,28-30,32,34-41,43,45-47,49,51-69H2,1-3H3/b11-8-,20-17-,27-25-,33-31-,44-42-,50-48-. The van der Waals surface area contributed by atoms with E-state index in [4.69, 9.17) is 14.2 Å². The second-order valence-corrected chi connectivity index (χ2v) is 23.1. The molecule has 0 aromatic heterocycles. The molecule has 0 heterocycles. The molecule has 0 rings (SSSR count). The summed E-state index contributed by atoms with van der Waals surface area (Å²) in [4.78, 5) is 38.3. The van der Waals surface area contributed by atoms with Crippen LogP contribution in [0.1, 0.15) is 355 Å². The van der Waals surface area contributed by atoms with Crippen molar-refractivity contribution in [1.82, 2.24) is 0 Å². The lowest BCUT2D eigenvalue weighted by Crippen LogP contribution is -2.30. The lowest BCUT2D eigenvalue weighted by atomic mass is 10.0. The van der Waals surface area contributed by atoms with Crippen LogP contribution in [0, 0.1) is 0 Å². The first-order valence-electron chi connectivity index (χ1n) is 34.4. The molecule has 79 heavy (non-hydrogen) atoms. The van der Waals surface area contributed by atoms with Crippen molar-refractivity contribution in [2.24, 2.45) is 0 Å². The zero-order valence-electron chi connectivity index (χ0n) is 52.6. The Balaban J connectivity index is 4.20. The third-order valence-electron chi connectivity index (χ3n) is 15.2. The van der Waals surface area contributed by atoms with Gasteiger partial charge in [0.2, 0.25) is 0 Å². The average Bonchev–Trinajstić information content (AvgIpc) is 3.45. The Bertz CT molecular complexity index is 1450. The Morgan fingerprint density at radius 2 is 0.494 bits per heavy atom. The molecule has 0 radical (unpaired) electrons. The Morgan fingerprint density at radius 3 is 0.772 bits per heavy atom. The molecular formula is C73H130O6. The first-order valence-corrected chi connectivity index (χ1v) is 34.4. The van der Waals surface area contributed by atoms with Gasteiger partial charge in [0.25, 0.3) is 0 Å². The fraction of sp³-hybridized carbons (Fsp3) is 0.795. The van der Waals surface area contributed by atoms with Crippen LogP contribution in [-0.2, 0) is 28.6 Å². The van der Waals surface area contributed by atoms with Gasteiger partial charge in [-0.1, -0.05) is 338 Å². The molecule has 0 bridgehead atoms. The van der Waals surface area contributed by atoms with Crippen molar-refractivity contribution in [2.75, 3.05) is 13.2 Å². The van der Waals surface area contributed by atoms with Crippen LogP contribution in [-0.4, -0.2) is 37.2 Å². The first-order chi connectivity index (χ1) is 39.0. The normalized spacial score (nSPS) is 12.5. The van der Waals surface area contributed by atoms with Crippen LogP contribution in [0.25, 0.3) is 0 Å². The molecule has 458 valence electrons. The van der Waals surface area contributed by atoms with Gasteiger partial charge in [-0.3, -0.25) is 14.4 Å². The number of rotatable bonds is 63. The van der Waals surface area contributed by atoms with Gasteiger partial charge in [0, 0.05) is 19.3 Å². The minimum atomic E-state index is -0.787. The van der Waals surface area contributed by atoms with Crippen LogP contribution in [0.3, 0.4) is 0 Å². The molecule has 0 N–H and O–H groups in total. The number of hydrogen-bond acceptors (Lipinski definition) is 6. The fourth-order valence-corrected chi connectivity index (χ4v) is 10.1. The van der Waals surface area contributed by atoms with Gasteiger partial charge in [-0.05, 0) is 70.6 Å². The second-order valence-electron chi connectivity index (χ2n) is 23.1. The summed E-state index contributed by atoms with van der Waals surface area (Å²) in [5.41, 5.74) is 0. The van der Waals surface area contributed by atoms with Gasteiger partial charge in [0.1, 0.15) is 13.2 Å². The van der Waals surface area contributed by atoms with Gasteiger partial charge in [-0.15, -0.1) is 0 Å². The number of carbonyl (C=O) groups excluding carboxylic acids is 3. The quantitative estimate of drug-likeness (QED) is 0.0261. The Labute approximate surface area is 491 Å². The minimum Gasteiger partial charge on any atom is -0.462 e. The molecular weight excluding hydrogens is 973 g/mol. The highest BCUT2D eigenvalue weighted by Gasteiger charge is 2.19. The van der Waals surface area contributed by atoms with Gasteiger partial charge in [0.05, 0.1) is 0 Å². The monoisotopic (exact) mass is 1100 g/mol. The molecule has 0 saturated carbocycles. The lowest BCUT2D eigenvalue weighted by molar-refractivity contribution is -0.167. The summed E-state index contributed by atoms with van der Waals surface area (Å²) >= 11 is 0. The first kappa shape index (κ1) is 75.8. The maximum atomic E-state index is 12.9. The molecule has 0 aromatic carbocycles. The molecule has 0 aliphatic carbocycles. The van der Waals surface area contributed by atoms with Crippen molar-refractivity contribution in [3.05, 3.63) is 72.9 Å². The van der Waals surface area contributed by atoms with E-state index < -0.39 is 6.10 Å². The molecule has 0 saturated heterocycles. The van der Waals surface area contributed by atoms with Crippen LogP contribution < -0.4 is 0 Å². The zero-order valence-corrected chi connectivity index (χ0v) is 52.6. The van der Waals surface area contributed by atoms with E-state index >= 15 is 0 Å². The van der Waals surface area contributed by atoms with Gasteiger partial charge >= 0.3 is 17.9 Å². The second kappa shape index (κ2) is 67.4. The maximum Gasteiger partial charge on any atom is 0.306 e. The van der Waals surface area contributed by atoms with Gasteiger partial charge < -0.3 is 14.2 Å². The summed E-state index contributed by atoms with van der Waals surface area (Å²) in [6.07, 6.45) is 88.0. The zero-order chi connectivity index (χ0) is 57.1. The van der Waals surface area contributed by atoms with Crippen LogP contribution in [0.2, 0.25) is 0 Å². The number of hydrogen-bond donors (Lipinski definition) is 0. The molecule has 6 nitrogen and oxygen atoms in total. The fourth-order valence-electron chi connectivity index (χ4n) is 10.1. The van der Waals surface area contributed by atoms with E-state index in [1.807, 2.05) is 0 Å². The third-order valence-corrected chi connectivity index (χ3v) is 15.2. The van der Waals surface area contributed by atoms with Gasteiger partial charge in [0.15, 0.2) is 6.10 Å². The van der Waals surface area contributed by atoms with E-state index in [-0.39, 0.29) is 31.1 Å². The smallest absolute Gasteiger partial charge is 0.306 e. The Morgan fingerprint density at radius 1 is 0.266 bits per heavy atom. The predicted octanol–water partition coefficient (Wildman–Crippen LogP) is 23.7. The highest BCUT2D eigenvalue weighted by atomic mass is 16.6. The number of esters is 3. The van der Waals surface area contributed by atoms with Gasteiger partial charge in [-0.2, -0.15) is 0 Å². The maximum absolute atomic E-state index is 12.9. The molecule has 1 unspecified atom stereocenters. The van der Waals surface area contributed by atoms with E-state index in [2.05, 4.69) is 93.7 Å². The number of unbranched alkanes of at least 4 members (excludes halogenated alkanes) is 40. The molecule has 0 aliphatic rings. The van der Waals surface area contributed by atoms with Crippen molar-refractivity contribution in [3.63, 3.8) is 0 Å². The topological polar surface area (TPSA) is 78.9 Å². The number of carbonyl (C=O) groups is 3. The van der Waals surface area contributed by atoms with Crippen molar-refractivity contribution < 1.29 is 28.6 Å². The van der Waals surface area contributed by atoms with Gasteiger partial charge in [-0.25, -0.2) is 0 Å². The van der Waals surface area contributed by atoms with Crippen molar-refractivity contribution in [2.45, 2.75) is 361 Å². The van der Waals surface area contributed by atoms with Crippen LogP contribution >= 0.6 is 0 Å². The van der Waals surface area contributed by atoms with Crippen LogP contribution in [0.5, 0.6) is 0 Å². The van der Waals surface area contributed by atoms with Crippen LogP contribution in [0.15, 0.2) is 72.9 Å². The predicted molar refractivity (Wildman–Crippen MR) is 344 cm³/mol.